The van der Waals surface area contributed by atoms with E-state index < -0.39 is 0 Å². The number of nitrogens with zero attached hydrogens (tertiary/aromatic N) is 2. The van der Waals surface area contributed by atoms with Gasteiger partial charge in [0.2, 0.25) is 0 Å². The molecule has 0 bridgehead atoms. The van der Waals surface area contributed by atoms with Crippen molar-refractivity contribution in [2.75, 3.05) is 0 Å². The molecule has 90 valence electrons. The summed E-state index contributed by atoms with van der Waals surface area (Å²) in [6.07, 6.45) is 3.75. The van der Waals surface area contributed by atoms with Crippen LogP contribution in [0.4, 0.5) is 0 Å². The monoisotopic (exact) mass is 232 g/mol. The molecule has 17 heavy (non-hydrogen) atoms. The maximum Gasteiger partial charge on any atom is 0.332 e. The quantitative estimate of drug-likeness (QED) is 0.861. The number of hydrogen-bond donors (Lipinski definition) is 1. The lowest BCUT2D eigenvalue weighted by molar-refractivity contribution is 0.195. The van der Waals surface area contributed by atoms with E-state index in [9.17, 15) is 9.90 Å². The number of imidazole rings is 1. The van der Waals surface area contributed by atoms with Gasteiger partial charge in [0.1, 0.15) is 0 Å². The molecule has 1 atom stereocenters. The number of aryl methyl sites for hydroxylation is 1. The molecule has 0 aliphatic carbocycles. The molecular formula is C13H16N2O2. The van der Waals surface area contributed by atoms with Gasteiger partial charge in [0.15, 0.2) is 0 Å². The van der Waals surface area contributed by atoms with E-state index in [0.717, 1.165) is 11.3 Å². The Labute approximate surface area is 99.8 Å². The molecule has 0 aliphatic heterocycles. The summed E-state index contributed by atoms with van der Waals surface area (Å²) < 4.78 is 3.12. The average molecular weight is 232 g/mol. The van der Waals surface area contributed by atoms with Crippen LogP contribution in [0.25, 0.3) is 5.69 Å². The van der Waals surface area contributed by atoms with E-state index in [1.165, 1.54) is 4.57 Å². The third-order valence-corrected chi connectivity index (χ3v) is 2.69. The molecule has 1 aromatic heterocycles. The summed E-state index contributed by atoms with van der Waals surface area (Å²) >= 11 is 0. The van der Waals surface area contributed by atoms with Crippen molar-refractivity contribution in [1.29, 1.82) is 0 Å². The van der Waals surface area contributed by atoms with Crippen LogP contribution in [0.5, 0.6) is 0 Å². The van der Waals surface area contributed by atoms with Crippen LogP contribution >= 0.6 is 0 Å². The molecule has 1 aromatic carbocycles. The highest BCUT2D eigenvalue weighted by Gasteiger charge is 2.03. The smallest absolute Gasteiger partial charge is 0.332 e. The van der Waals surface area contributed by atoms with E-state index in [1.807, 2.05) is 24.3 Å². The number of aliphatic hydroxyl groups is 1. The fraction of sp³-hybridized carbons (Fsp3) is 0.308. The van der Waals surface area contributed by atoms with Gasteiger partial charge in [0.25, 0.3) is 0 Å². The molecule has 1 unspecified atom stereocenters. The Morgan fingerprint density at radius 3 is 2.35 bits per heavy atom. The second-order valence-electron chi connectivity index (χ2n) is 4.28. The van der Waals surface area contributed by atoms with E-state index >= 15 is 0 Å². The first kappa shape index (κ1) is 11.7. The van der Waals surface area contributed by atoms with Crippen molar-refractivity contribution in [3.8, 4) is 5.69 Å². The van der Waals surface area contributed by atoms with Crippen LogP contribution < -0.4 is 5.69 Å². The van der Waals surface area contributed by atoms with Crippen molar-refractivity contribution in [3.05, 3.63) is 52.7 Å². The lowest BCUT2D eigenvalue weighted by atomic mass is 10.1. The summed E-state index contributed by atoms with van der Waals surface area (Å²) in [7, 11) is 1.72. The van der Waals surface area contributed by atoms with E-state index in [1.54, 1.807) is 30.9 Å². The van der Waals surface area contributed by atoms with Crippen molar-refractivity contribution in [2.24, 2.45) is 7.05 Å². The minimum absolute atomic E-state index is 0.0618. The summed E-state index contributed by atoms with van der Waals surface area (Å²) in [5.41, 5.74) is 1.84. The van der Waals surface area contributed by atoms with E-state index in [4.69, 9.17) is 0 Å². The molecule has 0 radical (unpaired) electrons. The Hall–Kier alpha value is -1.81. The molecule has 2 rings (SSSR count). The highest BCUT2D eigenvalue weighted by atomic mass is 16.3. The van der Waals surface area contributed by atoms with E-state index in [0.29, 0.717) is 6.42 Å². The molecule has 4 nitrogen and oxygen atoms in total. The van der Waals surface area contributed by atoms with Crippen molar-refractivity contribution < 1.29 is 5.11 Å². The molecule has 1 heterocycles. The Bertz CT molecular complexity index is 550. The lowest BCUT2D eigenvalue weighted by Gasteiger charge is -2.06. The van der Waals surface area contributed by atoms with Crippen LogP contribution in [0.15, 0.2) is 41.5 Å². The molecular weight excluding hydrogens is 216 g/mol. The first-order valence-electron chi connectivity index (χ1n) is 5.59. The minimum atomic E-state index is -0.347. The topological polar surface area (TPSA) is 47.2 Å². The number of aromatic nitrogens is 2. The van der Waals surface area contributed by atoms with Crippen molar-refractivity contribution in [2.45, 2.75) is 19.4 Å². The SMILES string of the molecule is CC(O)Cc1ccc(-n2ccn(C)c2=O)cc1. The molecule has 4 heteroatoms. The van der Waals surface area contributed by atoms with Crippen LogP contribution in [0.1, 0.15) is 12.5 Å². The molecule has 0 amide bonds. The Kier molecular flexibility index (Phi) is 3.15. The molecule has 0 aliphatic rings. The van der Waals surface area contributed by atoms with Crippen LogP contribution in [0.3, 0.4) is 0 Å². The third kappa shape index (κ3) is 2.47. The highest BCUT2D eigenvalue weighted by molar-refractivity contribution is 5.34. The zero-order chi connectivity index (χ0) is 12.4. The van der Waals surface area contributed by atoms with Gasteiger partial charge < -0.3 is 9.67 Å². The zero-order valence-electron chi connectivity index (χ0n) is 10.00. The maximum atomic E-state index is 11.7. The second-order valence-corrected chi connectivity index (χ2v) is 4.28. The highest BCUT2D eigenvalue weighted by Crippen LogP contribution is 2.09. The second kappa shape index (κ2) is 4.59. The molecule has 1 N–H and O–H groups in total. The van der Waals surface area contributed by atoms with Crippen molar-refractivity contribution in [1.82, 2.24) is 9.13 Å². The van der Waals surface area contributed by atoms with Crippen molar-refractivity contribution in [3.63, 3.8) is 0 Å². The zero-order valence-corrected chi connectivity index (χ0v) is 10.00. The fourth-order valence-electron chi connectivity index (χ4n) is 1.79. The van der Waals surface area contributed by atoms with Gasteiger partial charge >= 0.3 is 5.69 Å². The van der Waals surface area contributed by atoms with Gasteiger partial charge in [0.05, 0.1) is 11.8 Å². The van der Waals surface area contributed by atoms with E-state index in [-0.39, 0.29) is 11.8 Å². The number of aliphatic hydroxyl groups excluding tert-OH is 1. The normalized spacial score (nSPS) is 12.6. The standard InChI is InChI=1S/C13H16N2O2/c1-10(16)9-11-3-5-12(6-4-11)15-8-7-14(2)13(15)17/h3-8,10,16H,9H2,1-2H3. The molecule has 2 aromatic rings. The average Bonchev–Trinajstić information content (AvgIpc) is 2.60. The van der Waals surface area contributed by atoms with Gasteiger partial charge in [-0.25, -0.2) is 4.79 Å². The van der Waals surface area contributed by atoms with E-state index in [2.05, 4.69) is 0 Å². The Balaban J connectivity index is 2.30. The van der Waals surface area contributed by atoms with Crippen LogP contribution in [-0.2, 0) is 13.5 Å². The first-order valence-corrected chi connectivity index (χ1v) is 5.59. The third-order valence-electron chi connectivity index (χ3n) is 2.69. The van der Waals surface area contributed by atoms with Gasteiger partial charge in [-0.3, -0.25) is 4.57 Å². The number of hydrogen-bond acceptors (Lipinski definition) is 2. The summed E-state index contributed by atoms with van der Waals surface area (Å²) in [6, 6.07) is 7.64. The Morgan fingerprint density at radius 2 is 1.88 bits per heavy atom. The van der Waals surface area contributed by atoms with Crippen LogP contribution in [0.2, 0.25) is 0 Å². The minimum Gasteiger partial charge on any atom is -0.393 e. The van der Waals surface area contributed by atoms with Crippen molar-refractivity contribution >= 4 is 0 Å². The van der Waals surface area contributed by atoms with Gasteiger partial charge in [-0.05, 0) is 31.0 Å². The summed E-state index contributed by atoms with van der Waals surface area (Å²) in [6.45, 7) is 1.76. The predicted molar refractivity (Wildman–Crippen MR) is 66.4 cm³/mol. The number of benzene rings is 1. The number of rotatable bonds is 3. The Morgan fingerprint density at radius 1 is 1.24 bits per heavy atom. The summed E-state index contributed by atoms with van der Waals surface area (Å²) in [5.74, 6) is 0. The van der Waals surface area contributed by atoms with Crippen LogP contribution in [0, 0.1) is 0 Å². The fourth-order valence-corrected chi connectivity index (χ4v) is 1.79. The molecule has 0 saturated carbocycles. The largest absolute Gasteiger partial charge is 0.393 e. The van der Waals surface area contributed by atoms with Gasteiger partial charge in [-0.1, -0.05) is 12.1 Å². The van der Waals surface area contributed by atoms with Gasteiger partial charge in [0, 0.05) is 19.4 Å². The van der Waals surface area contributed by atoms with Gasteiger partial charge in [-0.15, -0.1) is 0 Å². The predicted octanol–water partition coefficient (Wildman–Crippen LogP) is 1.10. The molecule has 0 spiro atoms. The molecule has 0 saturated heterocycles. The van der Waals surface area contributed by atoms with Gasteiger partial charge in [-0.2, -0.15) is 0 Å². The maximum absolute atomic E-state index is 11.7. The van der Waals surface area contributed by atoms with Crippen LogP contribution in [-0.4, -0.2) is 20.3 Å². The lowest BCUT2D eigenvalue weighted by Crippen LogP contribution is -2.20. The summed E-state index contributed by atoms with van der Waals surface area (Å²) in [5, 5.41) is 9.28. The summed E-state index contributed by atoms with van der Waals surface area (Å²) in [4.78, 5) is 11.7. The molecule has 0 fully saturated rings. The first-order chi connectivity index (χ1) is 8.08.